The summed E-state index contributed by atoms with van der Waals surface area (Å²) >= 11 is 0. The number of hydrogen-bond acceptors (Lipinski definition) is 3. The maximum absolute atomic E-state index is 10.2. The molecule has 1 aliphatic carbocycles. The van der Waals surface area contributed by atoms with Gasteiger partial charge in [-0.15, -0.1) is 0 Å². The first-order valence-electron chi connectivity index (χ1n) is 6.11. The van der Waals surface area contributed by atoms with Gasteiger partial charge in [-0.2, -0.15) is 5.10 Å². The number of nitrogens with one attached hydrogen (secondary N) is 1. The van der Waals surface area contributed by atoms with Crippen LogP contribution >= 0.6 is 0 Å². The van der Waals surface area contributed by atoms with Gasteiger partial charge in [-0.3, -0.25) is 4.68 Å². The summed E-state index contributed by atoms with van der Waals surface area (Å²) in [5, 5.41) is 17.7. The second-order valence-corrected chi connectivity index (χ2v) is 4.94. The van der Waals surface area contributed by atoms with Crippen LogP contribution in [0.2, 0.25) is 0 Å². The first-order chi connectivity index (χ1) is 7.68. The second-order valence-electron chi connectivity index (χ2n) is 4.94. The summed E-state index contributed by atoms with van der Waals surface area (Å²) in [7, 11) is 0. The van der Waals surface area contributed by atoms with Gasteiger partial charge in [-0.1, -0.05) is 12.8 Å². The zero-order chi connectivity index (χ0) is 11.4. The van der Waals surface area contributed by atoms with E-state index in [1.54, 1.807) is 6.20 Å². The minimum atomic E-state index is -0.460. The Hall–Kier alpha value is -0.870. The molecule has 1 aromatic rings. The molecule has 4 heteroatoms. The molecule has 1 unspecified atom stereocenters. The van der Waals surface area contributed by atoms with Crippen molar-refractivity contribution in [2.45, 2.75) is 50.8 Å². The highest BCUT2D eigenvalue weighted by Crippen LogP contribution is 2.28. The van der Waals surface area contributed by atoms with E-state index in [1.807, 2.05) is 16.9 Å². The summed E-state index contributed by atoms with van der Waals surface area (Å²) in [6.07, 6.45) is 7.94. The zero-order valence-corrected chi connectivity index (χ0v) is 9.89. The lowest BCUT2D eigenvalue weighted by Crippen LogP contribution is -2.43. The molecule has 1 fully saturated rings. The van der Waals surface area contributed by atoms with Crippen molar-refractivity contribution in [3.8, 4) is 0 Å². The van der Waals surface area contributed by atoms with Crippen molar-refractivity contribution in [2.75, 3.05) is 6.54 Å². The lowest BCUT2D eigenvalue weighted by atomic mass is 10.0. The molecule has 90 valence electrons. The van der Waals surface area contributed by atoms with Gasteiger partial charge >= 0.3 is 0 Å². The van der Waals surface area contributed by atoms with Crippen LogP contribution in [0.1, 0.15) is 32.6 Å². The average Bonchev–Trinajstić information content (AvgIpc) is 2.88. The van der Waals surface area contributed by atoms with Crippen molar-refractivity contribution >= 4 is 0 Å². The largest absolute Gasteiger partial charge is 0.389 e. The lowest BCUT2D eigenvalue weighted by molar-refractivity contribution is 0.0447. The van der Waals surface area contributed by atoms with Gasteiger partial charge in [-0.25, -0.2) is 0 Å². The molecule has 0 bridgehead atoms. The summed E-state index contributed by atoms with van der Waals surface area (Å²) < 4.78 is 1.91. The molecule has 2 N–H and O–H groups in total. The van der Waals surface area contributed by atoms with Crippen molar-refractivity contribution < 1.29 is 5.11 Å². The highest BCUT2D eigenvalue weighted by molar-refractivity contribution is 4.87. The molecular formula is C12H21N3O. The average molecular weight is 223 g/mol. The number of nitrogens with zero attached hydrogens (tertiary/aromatic N) is 2. The maximum atomic E-state index is 10.2. The molecule has 0 aliphatic heterocycles. The maximum Gasteiger partial charge on any atom is 0.0771 e. The molecule has 1 aliphatic rings. The monoisotopic (exact) mass is 223 g/mol. The number of hydrogen-bond donors (Lipinski definition) is 2. The van der Waals surface area contributed by atoms with Crippen LogP contribution < -0.4 is 5.32 Å². The third kappa shape index (κ3) is 3.06. The van der Waals surface area contributed by atoms with E-state index in [0.717, 1.165) is 32.2 Å². The molecule has 0 radical (unpaired) electrons. The van der Waals surface area contributed by atoms with Crippen LogP contribution in [0.15, 0.2) is 18.5 Å². The normalized spacial score (nSPS) is 21.1. The highest BCUT2D eigenvalue weighted by Gasteiger charge is 2.30. The molecule has 0 aromatic carbocycles. The van der Waals surface area contributed by atoms with Gasteiger partial charge in [-0.05, 0) is 25.8 Å². The van der Waals surface area contributed by atoms with E-state index in [2.05, 4.69) is 17.3 Å². The van der Waals surface area contributed by atoms with E-state index in [0.29, 0.717) is 12.6 Å². The Morgan fingerprint density at radius 1 is 1.50 bits per heavy atom. The smallest absolute Gasteiger partial charge is 0.0771 e. The predicted molar refractivity (Wildman–Crippen MR) is 63.1 cm³/mol. The molecule has 0 spiro atoms. The number of rotatable bonds is 5. The topological polar surface area (TPSA) is 50.1 Å². The Morgan fingerprint density at radius 3 is 2.88 bits per heavy atom. The van der Waals surface area contributed by atoms with Crippen LogP contribution in [-0.4, -0.2) is 33.1 Å². The van der Waals surface area contributed by atoms with Crippen molar-refractivity contribution in [3.05, 3.63) is 18.5 Å². The number of aromatic nitrogens is 2. The molecule has 1 saturated carbocycles. The lowest BCUT2D eigenvalue weighted by Gasteiger charge is -2.25. The van der Waals surface area contributed by atoms with E-state index in [4.69, 9.17) is 0 Å². The fourth-order valence-electron chi connectivity index (χ4n) is 2.33. The van der Waals surface area contributed by atoms with Crippen LogP contribution in [0, 0.1) is 0 Å². The third-order valence-electron chi connectivity index (χ3n) is 3.33. The summed E-state index contributed by atoms with van der Waals surface area (Å²) in [4.78, 5) is 0. The molecule has 2 rings (SSSR count). The third-order valence-corrected chi connectivity index (χ3v) is 3.33. The molecule has 0 amide bonds. The molecule has 1 heterocycles. The summed E-state index contributed by atoms with van der Waals surface area (Å²) in [5.41, 5.74) is -0.460. The first-order valence-corrected chi connectivity index (χ1v) is 6.11. The van der Waals surface area contributed by atoms with Crippen LogP contribution in [0.25, 0.3) is 0 Å². The Morgan fingerprint density at radius 2 is 2.25 bits per heavy atom. The second kappa shape index (κ2) is 4.97. The summed E-state index contributed by atoms with van der Waals surface area (Å²) in [6.45, 7) is 3.68. The quantitative estimate of drug-likeness (QED) is 0.787. The molecule has 1 atom stereocenters. The van der Waals surface area contributed by atoms with Gasteiger partial charge in [0.25, 0.3) is 0 Å². The van der Waals surface area contributed by atoms with Gasteiger partial charge in [0, 0.05) is 25.0 Å². The minimum Gasteiger partial charge on any atom is -0.389 e. The van der Waals surface area contributed by atoms with E-state index in [1.165, 1.54) is 0 Å². The van der Waals surface area contributed by atoms with Crippen molar-refractivity contribution in [1.82, 2.24) is 15.1 Å². The first kappa shape index (κ1) is 11.6. The Kier molecular flexibility index (Phi) is 3.61. The van der Waals surface area contributed by atoms with Crippen molar-refractivity contribution in [1.29, 1.82) is 0 Å². The molecule has 0 saturated heterocycles. The van der Waals surface area contributed by atoms with Gasteiger partial charge in [0.05, 0.1) is 12.1 Å². The fraction of sp³-hybridized carbons (Fsp3) is 0.750. The van der Waals surface area contributed by atoms with E-state index in [9.17, 15) is 5.11 Å². The fourth-order valence-corrected chi connectivity index (χ4v) is 2.33. The standard InChI is InChI=1S/C12H21N3O/c1-11(9-15-8-4-7-14-15)13-10-12(16)5-2-3-6-12/h4,7-8,11,13,16H,2-3,5-6,9-10H2,1H3. The van der Waals surface area contributed by atoms with Crippen LogP contribution in [0.5, 0.6) is 0 Å². The van der Waals surface area contributed by atoms with Gasteiger partial charge in [0.15, 0.2) is 0 Å². The van der Waals surface area contributed by atoms with E-state index in [-0.39, 0.29) is 0 Å². The molecular weight excluding hydrogens is 202 g/mol. The van der Waals surface area contributed by atoms with Gasteiger partial charge < -0.3 is 10.4 Å². The molecule has 16 heavy (non-hydrogen) atoms. The van der Waals surface area contributed by atoms with Crippen LogP contribution in [0.3, 0.4) is 0 Å². The number of aliphatic hydroxyl groups is 1. The molecule has 4 nitrogen and oxygen atoms in total. The van der Waals surface area contributed by atoms with Crippen LogP contribution in [0.4, 0.5) is 0 Å². The Balaban J connectivity index is 1.73. The van der Waals surface area contributed by atoms with E-state index >= 15 is 0 Å². The van der Waals surface area contributed by atoms with Gasteiger partial charge in [0.1, 0.15) is 0 Å². The Labute approximate surface area is 96.7 Å². The summed E-state index contributed by atoms with van der Waals surface area (Å²) in [5.74, 6) is 0. The predicted octanol–water partition coefficient (Wildman–Crippen LogP) is 1.17. The van der Waals surface area contributed by atoms with Crippen LogP contribution in [-0.2, 0) is 6.54 Å². The SMILES string of the molecule is CC(Cn1cccn1)NCC1(O)CCCC1. The zero-order valence-electron chi connectivity index (χ0n) is 9.89. The highest BCUT2D eigenvalue weighted by atomic mass is 16.3. The minimum absolute atomic E-state index is 0.338. The van der Waals surface area contributed by atoms with Gasteiger partial charge in [0.2, 0.25) is 0 Å². The van der Waals surface area contributed by atoms with Crippen molar-refractivity contribution in [3.63, 3.8) is 0 Å². The van der Waals surface area contributed by atoms with Crippen molar-refractivity contribution in [2.24, 2.45) is 0 Å². The molecule has 1 aromatic heterocycles. The Bertz CT molecular complexity index is 304. The van der Waals surface area contributed by atoms with E-state index < -0.39 is 5.60 Å². The summed E-state index contributed by atoms with van der Waals surface area (Å²) in [6, 6.07) is 2.27.